The van der Waals surface area contributed by atoms with Gasteiger partial charge in [0.15, 0.2) is 0 Å². The fourth-order valence-corrected chi connectivity index (χ4v) is 4.90. The highest BCUT2D eigenvalue weighted by Crippen LogP contribution is 2.40. The molecule has 1 atom stereocenters. The van der Waals surface area contributed by atoms with Crippen molar-refractivity contribution in [3.05, 3.63) is 137 Å². The fraction of sp³-hybridized carbons (Fsp3) is 0.176. The van der Waals surface area contributed by atoms with E-state index in [0.29, 0.717) is 48.8 Å². The first kappa shape index (κ1) is 26.8. The second-order valence-corrected chi connectivity index (χ2v) is 9.53. The largest absolute Gasteiger partial charge is 0.507 e. The molecular formula is C34H31NO5. The van der Waals surface area contributed by atoms with Gasteiger partial charge in [-0.15, -0.1) is 0 Å². The molecule has 6 heteroatoms. The van der Waals surface area contributed by atoms with E-state index in [1.54, 1.807) is 29.2 Å². The van der Waals surface area contributed by atoms with E-state index >= 15 is 0 Å². The lowest BCUT2D eigenvalue weighted by atomic mass is 9.95. The summed E-state index contributed by atoms with van der Waals surface area (Å²) < 4.78 is 11.6. The molecule has 4 aromatic rings. The molecule has 1 heterocycles. The maximum absolute atomic E-state index is 13.4. The molecule has 0 aromatic heterocycles. The minimum Gasteiger partial charge on any atom is -0.507 e. The number of benzene rings is 4. The van der Waals surface area contributed by atoms with E-state index in [2.05, 4.69) is 0 Å². The Morgan fingerprint density at radius 1 is 0.775 bits per heavy atom. The number of ketones is 1. The highest BCUT2D eigenvalue weighted by molar-refractivity contribution is 6.46. The lowest BCUT2D eigenvalue weighted by Crippen LogP contribution is -2.31. The van der Waals surface area contributed by atoms with Gasteiger partial charge in [-0.2, -0.15) is 0 Å². The van der Waals surface area contributed by atoms with Crippen molar-refractivity contribution in [3.63, 3.8) is 0 Å². The number of Topliss-reactive ketones (excluding diaryl/α,β-unsaturated/α-hetero) is 1. The molecule has 0 spiro atoms. The zero-order valence-electron chi connectivity index (χ0n) is 22.3. The molecule has 202 valence electrons. The van der Waals surface area contributed by atoms with Gasteiger partial charge in [0, 0.05) is 12.1 Å². The third kappa shape index (κ3) is 5.91. The van der Waals surface area contributed by atoms with Crippen LogP contribution < -0.4 is 9.47 Å². The molecule has 1 saturated heterocycles. The van der Waals surface area contributed by atoms with Crippen LogP contribution in [0.25, 0.3) is 5.76 Å². The van der Waals surface area contributed by atoms with Crippen LogP contribution >= 0.6 is 0 Å². The molecule has 4 aromatic carbocycles. The van der Waals surface area contributed by atoms with Crippen molar-refractivity contribution >= 4 is 17.4 Å². The monoisotopic (exact) mass is 533 g/mol. The zero-order valence-corrected chi connectivity index (χ0v) is 22.3. The summed E-state index contributed by atoms with van der Waals surface area (Å²) >= 11 is 0. The van der Waals surface area contributed by atoms with E-state index in [4.69, 9.17) is 9.47 Å². The fourth-order valence-electron chi connectivity index (χ4n) is 4.90. The number of ether oxygens (including phenoxy) is 2. The summed E-state index contributed by atoms with van der Waals surface area (Å²) in [4.78, 5) is 28.3. The first-order valence-corrected chi connectivity index (χ1v) is 13.4. The van der Waals surface area contributed by atoms with Gasteiger partial charge in [0.1, 0.15) is 23.9 Å². The molecule has 1 N–H and O–H groups in total. The van der Waals surface area contributed by atoms with Crippen LogP contribution in [0.15, 0.2) is 115 Å². The van der Waals surface area contributed by atoms with Gasteiger partial charge in [-0.1, -0.05) is 72.8 Å². The summed E-state index contributed by atoms with van der Waals surface area (Å²) in [5.74, 6) is -0.299. The van der Waals surface area contributed by atoms with E-state index in [1.165, 1.54) is 0 Å². The molecular weight excluding hydrogens is 502 g/mol. The van der Waals surface area contributed by atoms with Gasteiger partial charge in [-0.3, -0.25) is 9.59 Å². The van der Waals surface area contributed by atoms with Gasteiger partial charge in [0.2, 0.25) is 0 Å². The Labute approximate surface area is 234 Å². The standard InChI is InChI=1S/C34H31NO5/c1-2-39-28-18-16-26(17-19-28)32(36)30-31(35(34(38)33(30)37)21-20-24-10-5-3-6-11-24)27-14-9-15-29(22-27)40-23-25-12-7-4-8-13-25/h3-19,22,31,36H,2,20-21,23H2,1H3/b32-30+. The van der Waals surface area contributed by atoms with Crippen LogP contribution in [0.2, 0.25) is 0 Å². The second kappa shape index (κ2) is 12.3. The molecule has 1 fully saturated rings. The Kier molecular flexibility index (Phi) is 8.26. The quantitative estimate of drug-likeness (QED) is 0.147. The summed E-state index contributed by atoms with van der Waals surface area (Å²) in [6.45, 7) is 3.10. The van der Waals surface area contributed by atoms with Crippen molar-refractivity contribution in [2.75, 3.05) is 13.2 Å². The number of nitrogens with zero attached hydrogens (tertiary/aromatic N) is 1. The van der Waals surface area contributed by atoms with Crippen LogP contribution in [0.1, 0.15) is 35.2 Å². The van der Waals surface area contributed by atoms with E-state index in [0.717, 1.165) is 11.1 Å². The Balaban J connectivity index is 1.51. The number of amides is 1. The van der Waals surface area contributed by atoms with Gasteiger partial charge in [-0.25, -0.2) is 0 Å². The maximum atomic E-state index is 13.4. The Hall–Kier alpha value is -4.84. The summed E-state index contributed by atoms with van der Waals surface area (Å²) in [5.41, 5.74) is 3.26. The summed E-state index contributed by atoms with van der Waals surface area (Å²) in [6.07, 6.45) is 0.567. The predicted octanol–water partition coefficient (Wildman–Crippen LogP) is 6.33. The number of hydrogen-bond acceptors (Lipinski definition) is 5. The Morgan fingerprint density at radius 2 is 1.45 bits per heavy atom. The van der Waals surface area contributed by atoms with E-state index in [-0.39, 0.29) is 11.3 Å². The third-order valence-corrected chi connectivity index (χ3v) is 6.89. The van der Waals surface area contributed by atoms with Gasteiger partial charge in [0.05, 0.1) is 18.2 Å². The average Bonchev–Trinajstić information content (AvgIpc) is 3.25. The maximum Gasteiger partial charge on any atom is 0.295 e. The average molecular weight is 534 g/mol. The highest BCUT2D eigenvalue weighted by atomic mass is 16.5. The number of aliphatic hydroxyl groups is 1. The Morgan fingerprint density at radius 3 is 2.12 bits per heavy atom. The molecule has 6 nitrogen and oxygen atoms in total. The third-order valence-electron chi connectivity index (χ3n) is 6.89. The number of rotatable bonds is 10. The first-order chi connectivity index (χ1) is 19.5. The minimum absolute atomic E-state index is 0.0578. The van der Waals surface area contributed by atoms with E-state index in [1.807, 2.05) is 91.9 Å². The van der Waals surface area contributed by atoms with E-state index in [9.17, 15) is 14.7 Å². The van der Waals surface area contributed by atoms with Gasteiger partial charge in [0.25, 0.3) is 11.7 Å². The number of aliphatic hydroxyl groups excluding tert-OH is 1. The van der Waals surface area contributed by atoms with Crippen LogP contribution in [-0.4, -0.2) is 34.8 Å². The van der Waals surface area contributed by atoms with Crippen LogP contribution in [0.5, 0.6) is 11.5 Å². The van der Waals surface area contributed by atoms with Crippen molar-refractivity contribution < 1.29 is 24.2 Å². The lowest BCUT2D eigenvalue weighted by Gasteiger charge is -2.26. The minimum atomic E-state index is -0.768. The van der Waals surface area contributed by atoms with Crippen molar-refractivity contribution in [3.8, 4) is 11.5 Å². The second-order valence-electron chi connectivity index (χ2n) is 9.53. The smallest absolute Gasteiger partial charge is 0.295 e. The predicted molar refractivity (Wildman–Crippen MR) is 154 cm³/mol. The SMILES string of the molecule is CCOc1ccc(/C(O)=C2\C(=O)C(=O)N(CCc3ccccc3)C2c2cccc(OCc3ccccc3)c2)cc1. The molecule has 0 radical (unpaired) electrons. The van der Waals surface area contributed by atoms with Gasteiger partial charge < -0.3 is 19.5 Å². The molecule has 1 aliphatic heterocycles. The molecule has 1 unspecified atom stereocenters. The number of carbonyl (C=O) groups excluding carboxylic acids is 2. The zero-order chi connectivity index (χ0) is 27.9. The molecule has 1 amide bonds. The van der Waals surface area contributed by atoms with Crippen molar-refractivity contribution in [2.24, 2.45) is 0 Å². The lowest BCUT2D eigenvalue weighted by molar-refractivity contribution is -0.139. The van der Waals surface area contributed by atoms with Crippen LogP contribution in [0.4, 0.5) is 0 Å². The topological polar surface area (TPSA) is 76.1 Å². The summed E-state index contributed by atoms with van der Waals surface area (Å²) in [6, 6.07) is 33.1. The molecule has 0 saturated carbocycles. The van der Waals surface area contributed by atoms with Crippen molar-refractivity contribution in [1.82, 2.24) is 4.90 Å². The highest BCUT2D eigenvalue weighted by Gasteiger charge is 2.46. The van der Waals surface area contributed by atoms with Crippen LogP contribution in [-0.2, 0) is 22.6 Å². The summed E-state index contributed by atoms with van der Waals surface area (Å²) in [5, 5.41) is 11.4. The number of hydrogen-bond donors (Lipinski definition) is 1. The molecule has 0 bridgehead atoms. The normalized spacial score (nSPS) is 16.2. The molecule has 5 rings (SSSR count). The summed E-state index contributed by atoms with van der Waals surface area (Å²) in [7, 11) is 0. The van der Waals surface area contributed by atoms with Gasteiger partial charge >= 0.3 is 0 Å². The van der Waals surface area contributed by atoms with Crippen molar-refractivity contribution in [2.45, 2.75) is 26.0 Å². The first-order valence-electron chi connectivity index (χ1n) is 13.4. The van der Waals surface area contributed by atoms with Crippen molar-refractivity contribution in [1.29, 1.82) is 0 Å². The van der Waals surface area contributed by atoms with E-state index < -0.39 is 17.7 Å². The number of likely N-dealkylation sites (tertiary alicyclic amines) is 1. The number of carbonyl (C=O) groups is 2. The Bertz CT molecular complexity index is 1500. The molecule has 1 aliphatic rings. The molecule has 40 heavy (non-hydrogen) atoms. The molecule has 0 aliphatic carbocycles. The van der Waals surface area contributed by atoms with Crippen LogP contribution in [0, 0.1) is 0 Å². The van der Waals surface area contributed by atoms with Crippen LogP contribution in [0.3, 0.4) is 0 Å². The van der Waals surface area contributed by atoms with Gasteiger partial charge in [-0.05, 0) is 66.4 Å².